The summed E-state index contributed by atoms with van der Waals surface area (Å²) in [5, 5.41) is 0. The minimum Gasteiger partial charge on any atom is -0.369 e. The second kappa shape index (κ2) is 4.29. The average molecular weight is 221 g/mol. The standard InChI is InChI=1S/C12H19N3O/c1-8(12(14)16)5-15-6-9-3-2-4-11(13)10(9)7-15/h6-8,11H,2-5,13H2,1H3,(H2,14,16). The number of aromatic nitrogens is 1. The molecule has 88 valence electrons. The minimum absolute atomic E-state index is 0.134. The number of primary amides is 1. The van der Waals surface area contributed by atoms with Crippen molar-refractivity contribution < 1.29 is 4.79 Å². The number of hydrogen-bond donors (Lipinski definition) is 2. The van der Waals surface area contributed by atoms with Crippen molar-refractivity contribution in [3.63, 3.8) is 0 Å². The predicted octanol–water partition coefficient (Wildman–Crippen LogP) is 0.946. The Bertz CT molecular complexity index is 397. The molecule has 1 aliphatic rings. The van der Waals surface area contributed by atoms with E-state index in [2.05, 4.69) is 12.4 Å². The maximum absolute atomic E-state index is 11.0. The number of nitrogens with two attached hydrogens (primary N) is 2. The number of amides is 1. The van der Waals surface area contributed by atoms with Crippen molar-refractivity contribution in [3.05, 3.63) is 23.5 Å². The van der Waals surface area contributed by atoms with E-state index in [9.17, 15) is 4.79 Å². The van der Waals surface area contributed by atoms with Crippen molar-refractivity contribution in [3.8, 4) is 0 Å². The SMILES string of the molecule is CC(Cn1cc2c(c1)C(N)CCC2)C(N)=O. The quantitative estimate of drug-likeness (QED) is 0.797. The molecule has 4 nitrogen and oxygen atoms in total. The Kier molecular flexibility index (Phi) is 3.01. The number of hydrogen-bond acceptors (Lipinski definition) is 2. The van der Waals surface area contributed by atoms with Gasteiger partial charge in [-0.25, -0.2) is 0 Å². The van der Waals surface area contributed by atoms with Gasteiger partial charge in [0.15, 0.2) is 0 Å². The van der Waals surface area contributed by atoms with Crippen LogP contribution in [0.5, 0.6) is 0 Å². The highest BCUT2D eigenvalue weighted by molar-refractivity contribution is 5.76. The van der Waals surface area contributed by atoms with E-state index >= 15 is 0 Å². The third-order valence-electron chi connectivity index (χ3n) is 3.33. The van der Waals surface area contributed by atoms with Crippen LogP contribution in [-0.4, -0.2) is 10.5 Å². The van der Waals surface area contributed by atoms with Gasteiger partial charge in [-0.05, 0) is 30.4 Å². The molecule has 1 aromatic rings. The smallest absolute Gasteiger partial charge is 0.222 e. The van der Waals surface area contributed by atoms with E-state index in [-0.39, 0.29) is 17.9 Å². The Balaban J connectivity index is 2.15. The lowest BCUT2D eigenvalue weighted by Crippen LogP contribution is -2.24. The van der Waals surface area contributed by atoms with Crippen molar-refractivity contribution >= 4 is 5.91 Å². The largest absolute Gasteiger partial charge is 0.369 e. The summed E-state index contributed by atoms with van der Waals surface area (Å²) in [7, 11) is 0. The van der Waals surface area contributed by atoms with Crippen LogP contribution < -0.4 is 11.5 Å². The van der Waals surface area contributed by atoms with E-state index in [4.69, 9.17) is 11.5 Å². The number of nitrogens with zero attached hydrogens (tertiary/aromatic N) is 1. The van der Waals surface area contributed by atoms with Gasteiger partial charge in [-0.3, -0.25) is 4.79 Å². The van der Waals surface area contributed by atoms with E-state index in [1.807, 2.05) is 11.5 Å². The first kappa shape index (κ1) is 11.2. The van der Waals surface area contributed by atoms with Crippen molar-refractivity contribution in [2.45, 2.75) is 38.8 Å². The lowest BCUT2D eigenvalue weighted by atomic mass is 9.92. The first-order chi connectivity index (χ1) is 7.58. The van der Waals surface area contributed by atoms with Crippen molar-refractivity contribution in [1.29, 1.82) is 0 Å². The summed E-state index contributed by atoms with van der Waals surface area (Å²) in [6.45, 7) is 2.50. The molecule has 4 N–H and O–H groups in total. The van der Waals surface area contributed by atoms with Gasteiger partial charge < -0.3 is 16.0 Å². The third kappa shape index (κ3) is 2.11. The van der Waals surface area contributed by atoms with E-state index < -0.39 is 0 Å². The lowest BCUT2D eigenvalue weighted by Gasteiger charge is -2.17. The molecule has 0 radical (unpaired) electrons. The van der Waals surface area contributed by atoms with Gasteiger partial charge >= 0.3 is 0 Å². The topological polar surface area (TPSA) is 74.0 Å². The molecule has 0 saturated carbocycles. The fourth-order valence-electron chi connectivity index (χ4n) is 2.30. The van der Waals surface area contributed by atoms with E-state index in [1.165, 1.54) is 11.1 Å². The molecule has 0 aliphatic heterocycles. The van der Waals surface area contributed by atoms with Crippen LogP contribution >= 0.6 is 0 Å². The van der Waals surface area contributed by atoms with Crippen molar-refractivity contribution in [2.75, 3.05) is 0 Å². The Hall–Kier alpha value is -1.29. The molecule has 2 unspecified atom stereocenters. The van der Waals surface area contributed by atoms with Crippen LogP contribution in [0.3, 0.4) is 0 Å². The van der Waals surface area contributed by atoms with Gasteiger partial charge in [0.25, 0.3) is 0 Å². The third-order valence-corrected chi connectivity index (χ3v) is 3.33. The summed E-state index contributed by atoms with van der Waals surface area (Å²) in [5.74, 6) is -0.388. The fraction of sp³-hybridized carbons (Fsp3) is 0.583. The Morgan fingerprint density at radius 2 is 2.38 bits per heavy atom. The highest BCUT2D eigenvalue weighted by Gasteiger charge is 2.19. The molecule has 1 amide bonds. The molecule has 16 heavy (non-hydrogen) atoms. The van der Waals surface area contributed by atoms with Crippen LogP contribution in [0.25, 0.3) is 0 Å². The van der Waals surface area contributed by atoms with Gasteiger partial charge in [-0.15, -0.1) is 0 Å². The predicted molar refractivity (Wildman–Crippen MR) is 62.7 cm³/mol. The molecule has 0 aromatic carbocycles. The van der Waals surface area contributed by atoms with Crippen LogP contribution in [0.2, 0.25) is 0 Å². The average Bonchev–Trinajstić information content (AvgIpc) is 2.61. The number of fused-ring (bicyclic) bond motifs is 1. The molecule has 0 bridgehead atoms. The molecule has 1 aliphatic carbocycles. The molecule has 1 heterocycles. The number of aryl methyl sites for hydroxylation is 1. The fourth-order valence-corrected chi connectivity index (χ4v) is 2.30. The molecule has 2 rings (SSSR count). The molecule has 4 heteroatoms. The maximum atomic E-state index is 11.0. The number of carbonyl (C=O) groups is 1. The minimum atomic E-state index is -0.254. The van der Waals surface area contributed by atoms with Gasteiger partial charge in [0.05, 0.1) is 5.92 Å². The summed E-state index contributed by atoms with van der Waals surface area (Å²) in [4.78, 5) is 11.0. The molecular formula is C12H19N3O. The van der Waals surface area contributed by atoms with Gasteiger partial charge in [0.1, 0.15) is 0 Å². The van der Waals surface area contributed by atoms with Crippen molar-refractivity contribution in [1.82, 2.24) is 4.57 Å². The van der Waals surface area contributed by atoms with Gasteiger partial charge in [0.2, 0.25) is 5.91 Å². The molecule has 0 spiro atoms. The van der Waals surface area contributed by atoms with E-state index in [1.54, 1.807) is 0 Å². The Morgan fingerprint density at radius 3 is 3.00 bits per heavy atom. The van der Waals surface area contributed by atoms with Gasteiger partial charge in [-0.2, -0.15) is 0 Å². The zero-order valence-corrected chi connectivity index (χ0v) is 9.65. The van der Waals surface area contributed by atoms with Crippen LogP contribution in [-0.2, 0) is 17.8 Å². The molecule has 0 saturated heterocycles. The Labute approximate surface area is 95.6 Å². The van der Waals surface area contributed by atoms with E-state index in [0.29, 0.717) is 6.54 Å². The zero-order valence-electron chi connectivity index (χ0n) is 9.65. The monoisotopic (exact) mass is 221 g/mol. The second-order valence-electron chi connectivity index (χ2n) is 4.74. The zero-order chi connectivity index (χ0) is 11.7. The summed E-state index contributed by atoms with van der Waals surface area (Å²) in [5.41, 5.74) is 13.9. The summed E-state index contributed by atoms with van der Waals surface area (Å²) in [6.07, 6.45) is 7.49. The lowest BCUT2D eigenvalue weighted by molar-refractivity contribution is -0.121. The first-order valence-electron chi connectivity index (χ1n) is 5.81. The highest BCUT2D eigenvalue weighted by Crippen LogP contribution is 2.28. The van der Waals surface area contributed by atoms with Crippen LogP contribution in [0, 0.1) is 5.92 Å². The number of rotatable bonds is 3. The van der Waals surface area contributed by atoms with Crippen LogP contribution in [0.15, 0.2) is 12.4 Å². The van der Waals surface area contributed by atoms with E-state index in [0.717, 1.165) is 19.3 Å². The Morgan fingerprint density at radius 1 is 1.62 bits per heavy atom. The van der Waals surface area contributed by atoms with Gasteiger partial charge in [0, 0.05) is 25.0 Å². The highest BCUT2D eigenvalue weighted by atomic mass is 16.1. The number of carbonyl (C=O) groups excluding carboxylic acids is 1. The normalized spacial score (nSPS) is 21.5. The molecular weight excluding hydrogens is 202 g/mol. The summed E-state index contributed by atoms with van der Waals surface area (Å²) >= 11 is 0. The second-order valence-corrected chi connectivity index (χ2v) is 4.74. The van der Waals surface area contributed by atoms with Crippen molar-refractivity contribution in [2.24, 2.45) is 17.4 Å². The molecule has 1 aromatic heterocycles. The molecule has 2 atom stereocenters. The maximum Gasteiger partial charge on any atom is 0.222 e. The molecule has 0 fully saturated rings. The summed E-state index contributed by atoms with van der Waals surface area (Å²) in [6, 6.07) is 0.161. The van der Waals surface area contributed by atoms with Gasteiger partial charge in [-0.1, -0.05) is 6.92 Å². The van der Waals surface area contributed by atoms with Crippen LogP contribution in [0.1, 0.15) is 36.9 Å². The summed E-state index contributed by atoms with van der Waals surface area (Å²) < 4.78 is 2.05. The van der Waals surface area contributed by atoms with Crippen LogP contribution in [0.4, 0.5) is 0 Å². The first-order valence-corrected chi connectivity index (χ1v) is 5.81.